The Labute approximate surface area is 644 Å². The number of aliphatic hydroxyl groups excluding tert-OH is 3. The van der Waals surface area contributed by atoms with Gasteiger partial charge in [-0.2, -0.15) is 0 Å². The zero-order chi connectivity index (χ0) is 81.7. The van der Waals surface area contributed by atoms with Crippen molar-refractivity contribution in [3.8, 4) is 0 Å². The normalized spacial score (nSPS) is 16.3. The predicted octanol–water partition coefficient (Wildman–Crippen LogP) is 2.60. The van der Waals surface area contributed by atoms with Gasteiger partial charge in [0.1, 0.15) is 66.5 Å². The highest BCUT2D eigenvalue weighted by atomic mass is 16.4. The van der Waals surface area contributed by atoms with E-state index in [4.69, 9.17) is 5.73 Å². The number of nitrogens with zero attached hydrogens (tertiary/aromatic N) is 1. The number of amides is 12. The summed E-state index contributed by atoms with van der Waals surface area (Å²) >= 11 is 0. The van der Waals surface area contributed by atoms with E-state index in [2.05, 4.69) is 58.2 Å². The highest BCUT2D eigenvalue weighted by Gasteiger charge is 2.40. The van der Waals surface area contributed by atoms with Gasteiger partial charge in [0.2, 0.25) is 70.9 Å². The standard InChI is InChI=1S/C78H121N13O19/c1-10-47(6)65(74(104)90-67(50(9)94)76(106)85-57(40-46(4)5)71(101)87-59(78(109)110)42-52-43-80-54-32-27-26-31-53(52)54)88-69(99)55(36-37-62(79)95)83-73(103)61-33-28-38-91(61)64(97)35-25-20-18-16-14-12-11-13-15-17-19-24-34-63(96)82-60(44-92)72(102)89-66(49(8)93)75(105)84-56(39-45(2)3)70(100)81-48(7)68(98)86-58(77(107)108)41-51-29-22-21-23-30-51/h21-23,26-27,29-32,43,45-50,55-61,65-67,80,92-94H,10-20,24-25,28,33-42,44H2,1-9H3,(H2,79,95)(H,81,100)(H,82,96)(H,83,103)(H,84,105)(H,85,106)(H,86,98)(H,87,101)(H,88,99)(H,89,102)(H,90,104)(H,107,108)(H,109,110)/t47-,48-,49-,50+,55-,56-,57-,58-,59-,60-,61-,65-,66-,67-/m0/s1. The summed E-state index contributed by atoms with van der Waals surface area (Å²) < 4.78 is 0. The number of aromatic nitrogens is 1. The van der Waals surface area contributed by atoms with Gasteiger partial charge in [-0.25, -0.2) is 9.59 Å². The van der Waals surface area contributed by atoms with E-state index in [1.807, 2.05) is 18.2 Å². The van der Waals surface area contributed by atoms with Gasteiger partial charge in [0, 0.05) is 55.7 Å². The number of para-hydroxylation sites is 1. The lowest BCUT2D eigenvalue weighted by molar-refractivity contribution is -0.142. The molecule has 0 saturated carbocycles. The lowest BCUT2D eigenvalue weighted by atomic mass is 9.96. The summed E-state index contributed by atoms with van der Waals surface area (Å²) in [6.45, 7) is 13.9. The number of fused-ring (bicyclic) bond motifs is 1. The Hall–Kier alpha value is -9.56. The predicted molar refractivity (Wildman–Crippen MR) is 409 cm³/mol. The van der Waals surface area contributed by atoms with Crippen LogP contribution in [0.1, 0.15) is 208 Å². The number of aliphatic hydroxyl groups is 3. The van der Waals surface area contributed by atoms with Gasteiger partial charge in [0.15, 0.2) is 0 Å². The number of benzene rings is 2. The van der Waals surface area contributed by atoms with E-state index in [0.717, 1.165) is 75.1 Å². The fourth-order valence-corrected chi connectivity index (χ4v) is 13.0. The van der Waals surface area contributed by atoms with E-state index in [1.165, 1.54) is 25.7 Å². The quantitative estimate of drug-likeness (QED) is 0.0361. The van der Waals surface area contributed by atoms with Crippen LogP contribution in [0.5, 0.6) is 0 Å². The number of hydrogen-bond donors (Lipinski definition) is 17. The molecule has 0 aliphatic carbocycles. The van der Waals surface area contributed by atoms with E-state index in [1.54, 1.807) is 84.1 Å². The number of carboxylic acids is 2. The number of unbranched alkanes of at least 4 members (excludes halogenated alkanes) is 11. The second kappa shape index (κ2) is 48.2. The molecule has 2 heterocycles. The van der Waals surface area contributed by atoms with E-state index in [-0.39, 0.29) is 69.1 Å². The molecule has 12 amide bonds. The van der Waals surface area contributed by atoms with Crippen LogP contribution in [0.15, 0.2) is 60.8 Å². The van der Waals surface area contributed by atoms with Crippen LogP contribution in [0.4, 0.5) is 0 Å². The van der Waals surface area contributed by atoms with Crippen LogP contribution in [0.2, 0.25) is 0 Å². The zero-order valence-corrected chi connectivity index (χ0v) is 65.2. The number of carbonyl (C=O) groups excluding carboxylic acids is 12. The highest BCUT2D eigenvalue weighted by molar-refractivity contribution is 5.99. The molecular formula is C78H121N13O19. The molecule has 1 aliphatic rings. The topological polar surface area (TPSA) is 505 Å². The molecule has 1 fully saturated rings. The molecule has 32 nitrogen and oxygen atoms in total. The third-order valence-corrected chi connectivity index (χ3v) is 19.5. The number of aliphatic carboxylic acids is 2. The Bertz CT molecular complexity index is 3520. The molecule has 32 heteroatoms. The first-order valence-corrected chi connectivity index (χ1v) is 38.8. The summed E-state index contributed by atoms with van der Waals surface area (Å²) in [7, 11) is 0. The van der Waals surface area contributed by atoms with Crippen LogP contribution >= 0.6 is 0 Å². The van der Waals surface area contributed by atoms with Gasteiger partial charge < -0.3 is 94.3 Å². The number of H-pyrrole nitrogens is 1. The number of hydrogen-bond acceptors (Lipinski definition) is 17. The van der Waals surface area contributed by atoms with E-state index < -0.39 is 168 Å². The summed E-state index contributed by atoms with van der Waals surface area (Å²) in [4.78, 5) is 191. The first-order valence-electron chi connectivity index (χ1n) is 38.8. The van der Waals surface area contributed by atoms with Crippen LogP contribution in [-0.4, -0.2) is 210 Å². The third kappa shape index (κ3) is 32.2. The lowest BCUT2D eigenvalue weighted by Gasteiger charge is -2.30. The molecule has 1 aliphatic heterocycles. The number of aromatic amines is 1. The summed E-state index contributed by atoms with van der Waals surface area (Å²) in [6, 6.07) is 1.04. The Morgan fingerprint density at radius 3 is 1.46 bits per heavy atom. The summed E-state index contributed by atoms with van der Waals surface area (Å²) in [6.07, 6.45) is 9.82. The molecule has 110 heavy (non-hydrogen) atoms. The third-order valence-electron chi connectivity index (χ3n) is 19.5. The number of nitrogens with one attached hydrogen (secondary N) is 11. The van der Waals surface area contributed by atoms with Gasteiger partial charge in [0.05, 0.1) is 18.8 Å². The van der Waals surface area contributed by atoms with Crippen molar-refractivity contribution in [2.75, 3.05) is 13.2 Å². The van der Waals surface area contributed by atoms with Crippen molar-refractivity contribution in [3.05, 3.63) is 71.9 Å². The minimum absolute atomic E-state index is 0.0102. The number of likely N-dealkylation sites (tertiary alicyclic amines) is 1. The van der Waals surface area contributed by atoms with Crippen molar-refractivity contribution in [3.63, 3.8) is 0 Å². The highest BCUT2D eigenvalue weighted by Crippen LogP contribution is 2.23. The summed E-state index contributed by atoms with van der Waals surface area (Å²) in [5, 5.41) is 77.5. The van der Waals surface area contributed by atoms with E-state index >= 15 is 0 Å². The minimum atomic E-state index is -1.67. The monoisotopic (exact) mass is 1540 g/mol. The molecule has 612 valence electrons. The maximum Gasteiger partial charge on any atom is 0.326 e. The molecule has 4 rings (SSSR count). The molecule has 0 spiro atoms. The van der Waals surface area contributed by atoms with Crippen molar-refractivity contribution < 1.29 is 92.7 Å². The molecule has 2 aromatic carbocycles. The van der Waals surface area contributed by atoms with Crippen molar-refractivity contribution in [2.24, 2.45) is 23.5 Å². The summed E-state index contributed by atoms with van der Waals surface area (Å²) in [5.41, 5.74) is 7.57. The molecular weight excluding hydrogens is 1420 g/mol. The van der Waals surface area contributed by atoms with Crippen LogP contribution in [0.25, 0.3) is 10.9 Å². The van der Waals surface area contributed by atoms with Crippen LogP contribution in [0.3, 0.4) is 0 Å². The summed E-state index contributed by atoms with van der Waals surface area (Å²) in [5.74, 6) is -12.7. The van der Waals surface area contributed by atoms with Crippen molar-refractivity contribution >= 4 is 93.7 Å². The van der Waals surface area contributed by atoms with Gasteiger partial charge in [-0.3, -0.25) is 57.5 Å². The molecule has 0 bridgehead atoms. The van der Waals surface area contributed by atoms with Crippen LogP contribution in [0, 0.1) is 17.8 Å². The van der Waals surface area contributed by atoms with Gasteiger partial charge in [-0.05, 0) is 101 Å². The average molecular weight is 1540 g/mol. The van der Waals surface area contributed by atoms with Crippen molar-refractivity contribution in [2.45, 2.75) is 289 Å². The molecule has 1 aromatic heterocycles. The maximum absolute atomic E-state index is 14.2. The fourth-order valence-electron chi connectivity index (χ4n) is 13.0. The minimum Gasteiger partial charge on any atom is -0.480 e. The van der Waals surface area contributed by atoms with Crippen LogP contribution < -0.4 is 58.9 Å². The van der Waals surface area contributed by atoms with Gasteiger partial charge in [-0.1, -0.05) is 161 Å². The molecule has 14 atom stereocenters. The molecule has 18 N–H and O–H groups in total. The number of rotatable bonds is 52. The van der Waals surface area contributed by atoms with Crippen molar-refractivity contribution in [1.29, 1.82) is 0 Å². The number of carboxylic acid groups (broad SMARTS) is 2. The Kier molecular flexibility index (Phi) is 40.6. The van der Waals surface area contributed by atoms with Crippen LogP contribution in [-0.2, 0) is 80.0 Å². The largest absolute Gasteiger partial charge is 0.480 e. The smallest absolute Gasteiger partial charge is 0.326 e. The Morgan fingerprint density at radius 2 is 0.945 bits per heavy atom. The van der Waals surface area contributed by atoms with Gasteiger partial charge in [-0.15, -0.1) is 0 Å². The molecule has 0 radical (unpaired) electrons. The van der Waals surface area contributed by atoms with Crippen molar-refractivity contribution in [1.82, 2.24) is 63.1 Å². The van der Waals surface area contributed by atoms with Gasteiger partial charge >= 0.3 is 11.9 Å². The first-order chi connectivity index (χ1) is 52.1. The molecule has 0 unspecified atom stereocenters. The number of primary amides is 1. The number of nitrogens with two attached hydrogens (primary N) is 1. The first kappa shape index (κ1) is 92.8. The second-order valence-corrected chi connectivity index (χ2v) is 29.8. The maximum atomic E-state index is 14.2. The number of carbonyl (C=O) groups is 14. The average Bonchev–Trinajstić information content (AvgIpc) is 1.77. The molecule has 1 saturated heterocycles. The van der Waals surface area contributed by atoms with E-state index in [0.29, 0.717) is 49.8 Å². The SMILES string of the molecule is CC[C@H](C)[C@H](NC(=O)[C@H](CCC(N)=O)NC(=O)[C@@H]1CCCN1C(=O)CCCCCCCCCCCCCCC(=O)N[C@@H](CO)C(=O)N[C@H](C(=O)N[C@@H](CC(C)C)C(=O)N[C@@H](C)C(=O)N[C@@H](Cc1ccccc1)C(=O)O)[C@H](C)O)C(=O)N[C@H](C(=O)N[C@@H](CC(C)C)C(=O)N[C@@H](Cc1c[nH]c2ccccc12)C(=O)O)[C@@H](C)O. The molecule has 3 aromatic rings. The Morgan fingerprint density at radius 1 is 0.491 bits per heavy atom. The lowest BCUT2D eigenvalue weighted by Crippen LogP contribution is -2.62. The van der Waals surface area contributed by atoms with E-state index in [9.17, 15) is 92.7 Å². The Balaban J connectivity index is 1.16. The second-order valence-electron chi connectivity index (χ2n) is 29.8. The fraction of sp³-hybridized carbons (Fsp3) is 0.641. The van der Waals surface area contributed by atoms with Gasteiger partial charge in [0.25, 0.3) is 0 Å². The zero-order valence-electron chi connectivity index (χ0n) is 65.2.